The standard InChI is InChI=1S/C16H32N2O2/c1-3-15-12-17-16(14-6-7-14)13-18(15)8-4-5-9-20-11-10-19-2/h14-17H,3-13H2,1-2H3. The summed E-state index contributed by atoms with van der Waals surface area (Å²) in [6.07, 6.45) is 6.55. The molecular formula is C16H32N2O2. The summed E-state index contributed by atoms with van der Waals surface area (Å²) in [5, 5.41) is 3.76. The molecule has 2 unspecified atom stereocenters. The van der Waals surface area contributed by atoms with E-state index in [1.165, 1.54) is 45.3 Å². The van der Waals surface area contributed by atoms with Gasteiger partial charge in [-0.3, -0.25) is 4.90 Å². The van der Waals surface area contributed by atoms with Gasteiger partial charge in [-0.25, -0.2) is 0 Å². The maximum absolute atomic E-state index is 5.53. The number of piperazine rings is 1. The van der Waals surface area contributed by atoms with Gasteiger partial charge in [0.15, 0.2) is 0 Å². The largest absolute Gasteiger partial charge is 0.382 e. The van der Waals surface area contributed by atoms with Crippen LogP contribution in [0.1, 0.15) is 39.0 Å². The predicted octanol–water partition coefficient (Wildman–Crippen LogP) is 1.89. The fraction of sp³-hybridized carbons (Fsp3) is 1.00. The van der Waals surface area contributed by atoms with E-state index in [-0.39, 0.29) is 0 Å². The molecule has 1 aliphatic carbocycles. The van der Waals surface area contributed by atoms with Crippen molar-refractivity contribution in [3.05, 3.63) is 0 Å². The minimum Gasteiger partial charge on any atom is -0.382 e. The maximum atomic E-state index is 5.53. The number of nitrogens with zero attached hydrogens (tertiary/aromatic N) is 1. The Labute approximate surface area is 124 Å². The van der Waals surface area contributed by atoms with E-state index in [1.807, 2.05) is 0 Å². The lowest BCUT2D eigenvalue weighted by atomic mass is 10.0. The van der Waals surface area contributed by atoms with Gasteiger partial charge < -0.3 is 14.8 Å². The Bertz CT molecular complexity index is 259. The zero-order valence-electron chi connectivity index (χ0n) is 13.3. The molecule has 0 aromatic rings. The van der Waals surface area contributed by atoms with E-state index in [0.717, 1.165) is 37.6 Å². The zero-order chi connectivity index (χ0) is 14.2. The van der Waals surface area contributed by atoms with Crippen molar-refractivity contribution in [1.82, 2.24) is 10.2 Å². The van der Waals surface area contributed by atoms with Crippen LogP contribution in [0.15, 0.2) is 0 Å². The number of hydrogen-bond acceptors (Lipinski definition) is 4. The number of unbranched alkanes of at least 4 members (excludes halogenated alkanes) is 1. The molecule has 2 aliphatic rings. The highest BCUT2D eigenvalue weighted by atomic mass is 16.5. The number of hydrogen-bond donors (Lipinski definition) is 1. The normalized spacial score (nSPS) is 27.9. The lowest BCUT2D eigenvalue weighted by Crippen LogP contribution is -2.57. The smallest absolute Gasteiger partial charge is 0.0700 e. The van der Waals surface area contributed by atoms with E-state index < -0.39 is 0 Å². The summed E-state index contributed by atoms with van der Waals surface area (Å²) >= 11 is 0. The molecule has 1 N–H and O–H groups in total. The van der Waals surface area contributed by atoms with Crippen LogP contribution in [0.3, 0.4) is 0 Å². The van der Waals surface area contributed by atoms with Crippen LogP contribution < -0.4 is 5.32 Å². The number of methoxy groups -OCH3 is 1. The van der Waals surface area contributed by atoms with Gasteiger partial charge in [0.2, 0.25) is 0 Å². The van der Waals surface area contributed by atoms with Crippen molar-refractivity contribution < 1.29 is 9.47 Å². The second-order valence-electron chi connectivity index (χ2n) is 6.22. The van der Waals surface area contributed by atoms with Crippen molar-refractivity contribution >= 4 is 0 Å². The Morgan fingerprint density at radius 1 is 1.15 bits per heavy atom. The van der Waals surface area contributed by atoms with E-state index in [4.69, 9.17) is 9.47 Å². The van der Waals surface area contributed by atoms with Crippen LogP contribution in [0, 0.1) is 5.92 Å². The third kappa shape index (κ3) is 5.32. The molecule has 1 aliphatic heterocycles. The first kappa shape index (κ1) is 16.2. The van der Waals surface area contributed by atoms with Crippen molar-refractivity contribution in [2.45, 2.75) is 51.1 Å². The molecule has 118 valence electrons. The first-order valence-corrected chi connectivity index (χ1v) is 8.39. The van der Waals surface area contributed by atoms with Gasteiger partial charge in [0.05, 0.1) is 13.2 Å². The Morgan fingerprint density at radius 2 is 2.00 bits per heavy atom. The van der Waals surface area contributed by atoms with Crippen LogP contribution in [0.2, 0.25) is 0 Å². The Kier molecular flexibility index (Phi) is 7.28. The highest BCUT2D eigenvalue weighted by molar-refractivity contribution is 4.94. The van der Waals surface area contributed by atoms with E-state index in [9.17, 15) is 0 Å². The van der Waals surface area contributed by atoms with Crippen molar-refractivity contribution in [3.8, 4) is 0 Å². The molecule has 4 nitrogen and oxygen atoms in total. The Hall–Kier alpha value is -0.160. The molecule has 4 heteroatoms. The number of nitrogens with one attached hydrogen (secondary N) is 1. The fourth-order valence-corrected chi connectivity index (χ4v) is 3.14. The van der Waals surface area contributed by atoms with Crippen LogP contribution in [-0.2, 0) is 9.47 Å². The van der Waals surface area contributed by atoms with E-state index in [2.05, 4.69) is 17.1 Å². The lowest BCUT2D eigenvalue weighted by Gasteiger charge is -2.40. The van der Waals surface area contributed by atoms with E-state index in [1.54, 1.807) is 7.11 Å². The minimum absolute atomic E-state index is 0.707. The van der Waals surface area contributed by atoms with Crippen molar-refractivity contribution in [2.75, 3.05) is 46.6 Å². The SMILES string of the molecule is CCC1CNC(C2CC2)CN1CCCCOCCOC. The summed E-state index contributed by atoms with van der Waals surface area (Å²) in [6.45, 7) is 8.29. The second kappa shape index (κ2) is 8.98. The maximum Gasteiger partial charge on any atom is 0.0700 e. The average Bonchev–Trinajstić information content (AvgIpc) is 3.31. The first-order valence-electron chi connectivity index (χ1n) is 8.39. The predicted molar refractivity (Wildman–Crippen MR) is 82.1 cm³/mol. The van der Waals surface area contributed by atoms with Gasteiger partial charge in [-0.05, 0) is 44.6 Å². The molecule has 1 saturated heterocycles. The third-order valence-corrected chi connectivity index (χ3v) is 4.64. The monoisotopic (exact) mass is 284 g/mol. The van der Waals surface area contributed by atoms with Gasteiger partial charge in [0.1, 0.15) is 0 Å². The third-order valence-electron chi connectivity index (χ3n) is 4.64. The van der Waals surface area contributed by atoms with Crippen LogP contribution >= 0.6 is 0 Å². The van der Waals surface area contributed by atoms with E-state index in [0.29, 0.717) is 6.61 Å². The molecule has 0 aromatic carbocycles. The Morgan fingerprint density at radius 3 is 2.70 bits per heavy atom. The summed E-state index contributed by atoms with van der Waals surface area (Å²) in [5.74, 6) is 0.965. The molecule has 2 atom stereocenters. The summed E-state index contributed by atoms with van der Waals surface area (Å²) < 4.78 is 10.5. The lowest BCUT2D eigenvalue weighted by molar-refractivity contribution is 0.0645. The van der Waals surface area contributed by atoms with Crippen molar-refractivity contribution in [3.63, 3.8) is 0 Å². The molecular weight excluding hydrogens is 252 g/mol. The molecule has 0 radical (unpaired) electrons. The second-order valence-corrected chi connectivity index (χ2v) is 6.22. The molecule has 0 amide bonds. The van der Waals surface area contributed by atoms with Crippen LogP contribution in [0.4, 0.5) is 0 Å². The van der Waals surface area contributed by atoms with Crippen LogP contribution in [-0.4, -0.2) is 63.5 Å². The highest BCUT2D eigenvalue weighted by Crippen LogP contribution is 2.34. The highest BCUT2D eigenvalue weighted by Gasteiger charge is 2.36. The van der Waals surface area contributed by atoms with Gasteiger partial charge >= 0.3 is 0 Å². The first-order chi connectivity index (χ1) is 9.85. The van der Waals surface area contributed by atoms with Gasteiger partial charge in [-0.1, -0.05) is 6.92 Å². The molecule has 2 rings (SSSR count). The quantitative estimate of drug-likeness (QED) is 0.621. The van der Waals surface area contributed by atoms with Gasteiger partial charge in [-0.15, -0.1) is 0 Å². The summed E-state index contributed by atoms with van der Waals surface area (Å²) in [7, 11) is 1.72. The molecule has 1 saturated carbocycles. The zero-order valence-corrected chi connectivity index (χ0v) is 13.3. The summed E-state index contributed by atoms with van der Waals surface area (Å²) in [5.41, 5.74) is 0. The van der Waals surface area contributed by atoms with Gasteiger partial charge in [0, 0.05) is 38.9 Å². The number of rotatable bonds is 10. The van der Waals surface area contributed by atoms with Gasteiger partial charge in [-0.2, -0.15) is 0 Å². The summed E-state index contributed by atoms with van der Waals surface area (Å²) in [4.78, 5) is 2.72. The Balaban J connectivity index is 1.58. The molecule has 0 aromatic heterocycles. The molecule has 20 heavy (non-hydrogen) atoms. The van der Waals surface area contributed by atoms with Gasteiger partial charge in [0.25, 0.3) is 0 Å². The topological polar surface area (TPSA) is 33.7 Å². The molecule has 0 bridgehead atoms. The summed E-state index contributed by atoms with van der Waals surface area (Å²) in [6, 6.07) is 1.50. The van der Waals surface area contributed by atoms with Crippen molar-refractivity contribution in [1.29, 1.82) is 0 Å². The van der Waals surface area contributed by atoms with Crippen LogP contribution in [0.5, 0.6) is 0 Å². The molecule has 0 spiro atoms. The fourth-order valence-electron chi connectivity index (χ4n) is 3.14. The number of ether oxygens (including phenoxy) is 2. The average molecular weight is 284 g/mol. The van der Waals surface area contributed by atoms with Crippen molar-refractivity contribution in [2.24, 2.45) is 5.92 Å². The minimum atomic E-state index is 0.707. The molecule has 1 heterocycles. The molecule has 2 fully saturated rings. The van der Waals surface area contributed by atoms with E-state index >= 15 is 0 Å². The van der Waals surface area contributed by atoms with Crippen LogP contribution in [0.25, 0.3) is 0 Å².